The Balaban J connectivity index is 1.26. The van der Waals surface area contributed by atoms with Gasteiger partial charge in [-0.3, -0.25) is 9.78 Å². The molecule has 0 unspecified atom stereocenters. The lowest BCUT2D eigenvalue weighted by Crippen LogP contribution is -2.40. The molecule has 0 radical (unpaired) electrons. The number of amides is 1. The van der Waals surface area contributed by atoms with Crippen molar-refractivity contribution in [3.8, 4) is 11.4 Å². The summed E-state index contributed by atoms with van der Waals surface area (Å²) in [6, 6.07) is 7.04. The number of hydrogen-bond acceptors (Lipinski definition) is 7. The molecule has 134 valence electrons. The largest absolute Gasteiger partial charge is 0.459 e. The monoisotopic (exact) mass is 354 g/mol. The fourth-order valence-electron chi connectivity index (χ4n) is 2.90. The molecule has 0 bridgehead atoms. The van der Waals surface area contributed by atoms with Crippen molar-refractivity contribution in [3.63, 3.8) is 0 Å². The van der Waals surface area contributed by atoms with Crippen LogP contribution in [0.25, 0.3) is 11.4 Å². The predicted molar refractivity (Wildman–Crippen MR) is 90.0 cm³/mol. The van der Waals surface area contributed by atoms with E-state index in [9.17, 15) is 4.79 Å². The normalized spacial score (nSPS) is 15.3. The van der Waals surface area contributed by atoms with Gasteiger partial charge in [-0.25, -0.2) is 0 Å². The molecule has 0 aromatic carbocycles. The number of furan rings is 1. The van der Waals surface area contributed by atoms with E-state index >= 15 is 0 Å². The zero-order valence-electron chi connectivity index (χ0n) is 14.1. The number of likely N-dealkylation sites (tertiary alicyclic amines) is 1. The summed E-state index contributed by atoms with van der Waals surface area (Å²) in [7, 11) is 0. The first-order valence-corrected chi connectivity index (χ1v) is 8.47. The molecule has 0 N–H and O–H groups in total. The van der Waals surface area contributed by atoms with Crippen LogP contribution in [0.3, 0.4) is 0 Å². The van der Waals surface area contributed by atoms with Crippen LogP contribution in [0.2, 0.25) is 0 Å². The van der Waals surface area contributed by atoms with E-state index in [4.69, 9.17) is 13.7 Å². The lowest BCUT2D eigenvalue weighted by molar-refractivity contribution is -0.0103. The van der Waals surface area contributed by atoms with Crippen LogP contribution in [0.1, 0.15) is 29.3 Å². The number of carbonyl (C=O) groups is 1. The Morgan fingerprint density at radius 1 is 1.23 bits per heavy atom. The molecule has 0 saturated carbocycles. The molecule has 1 fully saturated rings. The van der Waals surface area contributed by atoms with Gasteiger partial charge in [-0.05, 0) is 37.1 Å². The highest BCUT2D eigenvalue weighted by Gasteiger charge is 2.25. The van der Waals surface area contributed by atoms with Gasteiger partial charge in [0.2, 0.25) is 5.82 Å². The van der Waals surface area contributed by atoms with Crippen molar-refractivity contribution in [2.75, 3.05) is 13.1 Å². The molecule has 0 atom stereocenters. The minimum absolute atomic E-state index is 0.0620. The van der Waals surface area contributed by atoms with Gasteiger partial charge in [0.05, 0.1) is 12.4 Å². The average Bonchev–Trinajstić information content (AvgIpc) is 3.39. The summed E-state index contributed by atoms with van der Waals surface area (Å²) < 4.78 is 16.3. The summed E-state index contributed by atoms with van der Waals surface area (Å²) in [5.41, 5.74) is 0.847. The summed E-state index contributed by atoms with van der Waals surface area (Å²) in [4.78, 5) is 22.3. The lowest BCUT2D eigenvalue weighted by Gasteiger charge is -2.31. The van der Waals surface area contributed by atoms with E-state index in [1.165, 1.54) is 6.26 Å². The van der Waals surface area contributed by atoms with Crippen molar-refractivity contribution in [1.82, 2.24) is 20.0 Å². The Kier molecular flexibility index (Phi) is 4.74. The molecule has 8 nitrogen and oxygen atoms in total. The van der Waals surface area contributed by atoms with E-state index in [1.54, 1.807) is 29.4 Å². The molecule has 26 heavy (non-hydrogen) atoms. The Hall–Kier alpha value is -3.00. The fourth-order valence-corrected chi connectivity index (χ4v) is 2.90. The van der Waals surface area contributed by atoms with E-state index in [0.717, 1.165) is 18.4 Å². The maximum Gasteiger partial charge on any atom is 0.289 e. The van der Waals surface area contributed by atoms with E-state index in [-0.39, 0.29) is 18.6 Å². The summed E-state index contributed by atoms with van der Waals surface area (Å²) >= 11 is 0. The van der Waals surface area contributed by atoms with Crippen molar-refractivity contribution < 1.29 is 18.5 Å². The van der Waals surface area contributed by atoms with Crippen LogP contribution in [-0.4, -0.2) is 45.1 Å². The van der Waals surface area contributed by atoms with Gasteiger partial charge < -0.3 is 18.6 Å². The third kappa shape index (κ3) is 3.65. The number of hydrogen-bond donors (Lipinski definition) is 0. The molecule has 0 spiro atoms. The maximum absolute atomic E-state index is 12.2. The van der Waals surface area contributed by atoms with Gasteiger partial charge >= 0.3 is 0 Å². The van der Waals surface area contributed by atoms with Crippen molar-refractivity contribution >= 4 is 5.91 Å². The van der Waals surface area contributed by atoms with Crippen molar-refractivity contribution in [2.45, 2.75) is 25.6 Å². The molecular formula is C18H18N4O4. The first-order valence-electron chi connectivity index (χ1n) is 8.47. The summed E-state index contributed by atoms with van der Waals surface area (Å²) in [6.07, 6.45) is 6.45. The average molecular weight is 354 g/mol. The highest BCUT2D eigenvalue weighted by Crippen LogP contribution is 2.19. The lowest BCUT2D eigenvalue weighted by atomic mass is 10.1. The number of nitrogens with zero attached hydrogens (tertiary/aromatic N) is 4. The second-order valence-electron chi connectivity index (χ2n) is 6.03. The standard InChI is InChI=1S/C18H18N4O4/c23-18(15-2-1-11-24-15)22-9-5-14(6-10-22)25-12-16-20-17(21-26-16)13-3-7-19-8-4-13/h1-4,7-8,11,14H,5-6,9-10,12H2. The maximum atomic E-state index is 12.2. The molecule has 4 heterocycles. The third-order valence-corrected chi connectivity index (χ3v) is 4.31. The Morgan fingerprint density at radius 3 is 2.77 bits per heavy atom. The third-order valence-electron chi connectivity index (χ3n) is 4.31. The molecule has 1 aliphatic rings. The SMILES string of the molecule is O=C(c1ccco1)N1CCC(OCc2nc(-c3ccncc3)no2)CC1. The van der Waals surface area contributed by atoms with E-state index in [1.807, 2.05) is 12.1 Å². The summed E-state index contributed by atoms with van der Waals surface area (Å²) in [5.74, 6) is 1.25. The Bertz CT molecular complexity index is 839. The molecular weight excluding hydrogens is 336 g/mol. The first kappa shape index (κ1) is 16.5. The molecule has 0 aliphatic carbocycles. The fraction of sp³-hybridized carbons (Fsp3) is 0.333. The van der Waals surface area contributed by atoms with Gasteiger partial charge in [0.1, 0.15) is 6.61 Å². The molecule has 1 saturated heterocycles. The second kappa shape index (κ2) is 7.49. The van der Waals surface area contributed by atoms with Gasteiger partial charge in [-0.15, -0.1) is 0 Å². The van der Waals surface area contributed by atoms with Crippen LogP contribution in [0, 0.1) is 0 Å². The van der Waals surface area contributed by atoms with Crippen molar-refractivity contribution in [2.24, 2.45) is 0 Å². The second-order valence-corrected chi connectivity index (χ2v) is 6.03. The molecule has 3 aromatic heterocycles. The zero-order valence-corrected chi connectivity index (χ0v) is 14.1. The van der Waals surface area contributed by atoms with Crippen molar-refractivity contribution in [1.29, 1.82) is 0 Å². The van der Waals surface area contributed by atoms with E-state index in [2.05, 4.69) is 15.1 Å². The van der Waals surface area contributed by atoms with Crippen LogP contribution in [0.15, 0.2) is 51.9 Å². The molecule has 1 amide bonds. The number of aromatic nitrogens is 3. The zero-order chi connectivity index (χ0) is 17.8. The number of pyridine rings is 1. The number of ether oxygens (including phenoxy) is 1. The summed E-state index contributed by atoms with van der Waals surface area (Å²) in [6.45, 7) is 1.53. The van der Waals surface area contributed by atoms with Crippen molar-refractivity contribution in [3.05, 3.63) is 54.6 Å². The van der Waals surface area contributed by atoms with Crippen LogP contribution in [-0.2, 0) is 11.3 Å². The number of rotatable bonds is 5. The Morgan fingerprint density at radius 2 is 2.04 bits per heavy atom. The molecule has 3 aromatic rings. The Labute approximate surface area is 149 Å². The highest BCUT2D eigenvalue weighted by molar-refractivity contribution is 5.91. The van der Waals surface area contributed by atoms with E-state index in [0.29, 0.717) is 30.6 Å². The molecule has 4 rings (SSSR count). The van der Waals surface area contributed by atoms with Gasteiger partial charge in [-0.1, -0.05) is 5.16 Å². The van der Waals surface area contributed by atoms with Gasteiger partial charge in [0.25, 0.3) is 11.8 Å². The highest BCUT2D eigenvalue weighted by atomic mass is 16.5. The van der Waals surface area contributed by atoms with Crippen LogP contribution in [0.4, 0.5) is 0 Å². The summed E-state index contributed by atoms with van der Waals surface area (Å²) in [5, 5.41) is 3.96. The molecule has 1 aliphatic heterocycles. The minimum atomic E-state index is -0.0765. The number of carbonyl (C=O) groups excluding carboxylic acids is 1. The smallest absolute Gasteiger partial charge is 0.289 e. The van der Waals surface area contributed by atoms with Crippen LogP contribution < -0.4 is 0 Å². The quantitative estimate of drug-likeness (QED) is 0.695. The topological polar surface area (TPSA) is 94.5 Å². The van der Waals surface area contributed by atoms with Gasteiger partial charge in [0, 0.05) is 31.0 Å². The van der Waals surface area contributed by atoms with Gasteiger partial charge in [-0.2, -0.15) is 4.98 Å². The molecule has 8 heteroatoms. The predicted octanol–water partition coefficient (Wildman–Crippen LogP) is 2.55. The van der Waals surface area contributed by atoms with Crippen LogP contribution in [0.5, 0.6) is 0 Å². The van der Waals surface area contributed by atoms with E-state index < -0.39 is 0 Å². The minimum Gasteiger partial charge on any atom is -0.459 e. The number of piperidine rings is 1. The van der Waals surface area contributed by atoms with Gasteiger partial charge in [0.15, 0.2) is 5.76 Å². The first-order chi connectivity index (χ1) is 12.8. The van der Waals surface area contributed by atoms with Crippen LogP contribution >= 0.6 is 0 Å².